The van der Waals surface area contributed by atoms with Crippen LogP contribution in [-0.2, 0) is 11.2 Å². The maximum atomic E-state index is 12.2. The van der Waals surface area contributed by atoms with Crippen LogP contribution >= 0.6 is 15.9 Å². The van der Waals surface area contributed by atoms with Crippen LogP contribution in [-0.4, -0.2) is 43.6 Å². The van der Waals surface area contributed by atoms with Crippen LogP contribution in [0.4, 0.5) is 0 Å². The third-order valence-corrected chi connectivity index (χ3v) is 4.07. The van der Waals surface area contributed by atoms with E-state index in [4.69, 9.17) is 4.74 Å². The standard InChI is InChI=1S/C15H21BrN2O2/c1-11-10-18(8-7-17-11)15(19)6-3-12-9-13(16)4-5-14(12)20-2/h4-5,9,11,17H,3,6-8,10H2,1-2H3/t11-/m0/s1. The SMILES string of the molecule is COc1ccc(Br)cc1CCC(=O)N1CCN[C@@H](C)C1. The monoisotopic (exact) mass is 340 g/mol. The summed E-state index contributed by atoms with van der Waals surface area (Å²) in [6.07, 6.45) is 1.24. The Labute approximate surface area is 128 Å². The number of hydrogen-bond donors (Lipinski definition) is 1. The molecule has 0 aliphatic carbocycles. The molecule has 0 radical (unpaired) electrons. The topological polar surface area (TPSA) is 41.6 Å². The molecule has 1 fully saturated rings. The number of amides is 1. The van der Waals surface area contributed by atoms with Crippen LogP contribution in [0.1, 0.15) is 18.9 Å². The maximum Gasteiger partial charge on any atom is 0.223 e. The van der Waals surface area contributed by atoms with E-state index in [1.165, 1.54) is 0 Å². The number of aryl methyl sites for hydroxylation is 1. The number of halogens is 1. The summed E-state index contributed by atoms with van der Waals surface area (Å²) in [5.41, 5.74) is 1.07. The van der Waals surface area contributed by atoms with Gasteiger partial charge >= 0.3 is 0 Å². The Morgan fingerprint density at radius 2 is 2.35 bits per heavy atom. The normalized spacial score (nSPS) is 18.9. The number of benzene rings is 1. The van der Waals surface area contributed by atoms with Gasteiger partial charge in [-0.25, -0.2) is 0 Å². The molecule has 1 aromatic carbocycles. The van der Waals surface area contributed by atoms with Gasteiger partial charge in [0.25, 0.3) is 0 Å². The molecule has 1 N–H and O–H groups in total. The zero-order chi connectivity index (χ0) is 14.5. The average Bonchev–Trinajstić information content (AvgIpc) is 2.45. The first-order valence-corrected chi connectivity index (χ1v) is 7.73. The van der Waals surface area contributed by atoms with E-state index >= 15 is 0 Å². The number of ether oxygens (including phenoxy) is 1. The molecule has 0 bridgehead atoms. The van der Waals surface area contributed by atoms with Crippen LogP contribution in [0.2, 0.25) is 0 Å². The largest absolute Gasteiger partial charge is 0.496 e. The summed E-state index contributed by atoms with van der Waals surface area (Å²) in [6.45, 7) is 4.59. The number of hydrogen-bond acceptors (Lipinski definition) is 3. The molecule has 1 amide bonds. The van der Waals surface area contributed by atoms with Crippen molar-refractivity contribution in [3.05, 3.63) is 28.2 Å². The highest BCUT2D eigenvalue weighted by atomic mass is 79.9. The van der Waals surface area contributed by atoms with E-state index in [2.05, 4.69) is 28.2 Å². The lowest BCUT2D eigenvalue weighted by atomic mass is 10.1. The van der Waals surface area contributed by atoms with Gasteiger partial charge in [-0.15, -0.1) is 0 Å². The van der Waals surface area contributed by atoms with Crippen molar-refractivity contribution in [3.8, 4) is 5.75 Å². The predicted octanol–water partition coefficient (Wildman–Crippen LogP) is 2.21. The molecule has 0 spiro atoms. The fraction of sp³-hybridized carbons (Fsp3) is 0.533. The lowest BCUT2D eigenvalue weighted by Gasteiger charge is -2.32. The van der Waals surface area contributed by atoms with Gasteiger partial charge in [0.1, 0.15) is 5.75 Å². The third kappa shape index (κ3) is 3.96. The van der Waals surface area contributed by atoms with Crippen molar-refractivity contribution < 1.29 is 9.53 Å². The minimum Gasteiger partial charge on any atom is -0.496 e. The second kappa shape index (κ2) is 7.09. The lowest BCUT2D eigenvalue weighted by Crippen LogP contribution is -2.51. The Balaban J connectivity index is 1.94. The summed E-state index contributed by atoms with van der Waals surface area (Å²) >= 11 is 3.46. The lowest BCUT2D eigenvalue weighted by molar-refractivity contribution is -0.132. The van der Waals surface area contributed by atoms with Crippen molar-refractivity contribution in [1.29, 1.82) is 0 Å². The Morgan fingerprint density at radius 3 is 3.05 bits per heavy atom. The first kappa shape index (κ1) is 15.3. The molecule has 4 nitrogen and oxygen atoms in total. The zero-order valence-corrected chi connectivity index (χ0v) is 13.6. The zero-order valence-electron chi connectivity index (χ0n) is 12.0. The van der Waals surface area contributed by atoms with E-state index in [1.807, 2.05) is 23.1 Å². The number of carbonyl (C=O) groups is 1. The minimum atomic E-state index is 0.223. The van der Waals surface area contributed by atoms with Crippen molar-refractivity contribution >= 4 is 21.8 Å². The Bertz CT molecular complexity index is 479. The number of nitrogens with zero attached hydrogens (tertiary/aromatic N) is 1. The average molecular weight is 341 g/mol. The Kier molecular flexibility index (Phi) is 5.43. The van der Waals surface area contributed by atoms with E-state index in [1.54, 1.807) is 7.11 Å². The van der Waals surface area contributed by atoms with Gasteiger partial charge in [-0.3, -0.25) is 4.79 Å². The molecular weight excluding hydrogens is 320 g/mol. The summed E-state index contributed by atoms with van der Waals surface area (Å²) in [5.74, 6) is 1.06. The second-order valence-electron chi connectivity index (χ2n) is 5.15. The van der Waals surface area contributed by atoms with Gasteiger partial charge < -0.3 is 15.0 Å². The predicted molar refractivity (Wildman–Crippen MR) is 83.1 cm³/mol. The van der Waals surface area contributed by atoms with Crippen molar-refractivity contribution in [1.82, 2.24) is 10.2 Å². The second-order valence-corrected chi connectivity index (χ2v) is 6.07. The number of rotatable bonds is 4. The summed E-state index contributed by atoms with van der Waals surface area (Å²) in [6, 6.07) is 6.28. The Hall–Kier alpha value is -1.07. The van der Waals surface area contributed by atoms with Crippen LogP contribution < -0.4 is 10.1 Å². The van der Waals surface area contributed by atoms with E-state index in [9.17, 15) is 4.79 Å². The highest BCUT2D eigenvalue weighted by Crippen LogP contribution is 2.24. The number of carbonyl (C=O) groups excluding carboxylic acids is 1. The smallest absolute Gasteiger partial charge is 0.223 e. The van der Waals surface area contributed by atoms with E-state index in [0.29, 0.717) is 18.9 Å². The molecule has 1 heterocycles. The van der Waals surface area contributed by atoms with Gasteiger partial charge in [-0.05, 0) is 37.1 Å². The van der Waals surface area contributed by atoms with Crippen molar-refractivity contribution in [2.45, 2.75) is 25.8 Å². The van der Waals surface area contributed by atoms with Gasteiger partial charge in [0, 0.05) is 36.6 Å². The first-order chi connectivity index (χ1) is 9.60. The van der Waals surface area contributed by atoms with Crippen LogP contribution in [0.5, 0.6) is 5.75 Å². The number of methoxy groups -OCH3 is 1. The molecule has 0 aromatic heterocycles. The maximum absolute atomic E-state index is 12.2. The van der Waals surface area contributed by atoms with Crippen LogP contribution in [0.25, 0.3) is 0 Å². The summed E-state index contributed by atoms with van der Waals surface area (Å²) < 4.78 is 6.35. The van der Waals surface area contributed by atoms with E-state index in [0.717, 1.165) is 35.4 Å². The summed E-state index contributed by atoms with van der Waals surface area (Å²) in [7, 11) is 1.66. The molecule has 5 heteroatoms. The molecule has 0 unspecified atom stereocenters. The highest BCUT2D eigenvalue weighted by Gasteiger charge is 2.20. The van der Waals surface area contributed by atoms with E-state index in [-0.39, 0.29) is 5.91 Å². The number of piperazine rings is 1. The fourth-order valence-electron chi connectivity index (χ4n) is 2.50. The molecule has 20 heavy (non-hydrogen) atoms. The highest BCUT2D eigenvalue weighted by molar-refractivity contribution is 9.10. The van der Waals surface area contributed by atoms with Crippen molar-refractivity contribution in [2.24, 2.45) is 0 Å². The van der Waals surface area contributed by atoms with Gasteiger partial charge in [-0.2, -0.15) is 0 Å². The van der Waals surface area contributed by atoms with Gasteiger partial charge in [-0.1, -0.05) is 15.9 Å². The quantitative estimate of drug-likeness (QED) is 0.913. The van der Waals surface area contributed by atoms with Gasteiger partial charge in [0.05, 0.1) is 7.11 Å². The molecule has 110 valence electrons. The van der Waals surface area contributed by atoms with E-state index < -0.39 is 0 Å². The molecule has 1 saturated heterocycles. The molecule has 0 saturated carbocycles. The van der Waals surface area contributed by atoms with Crippen molar-refractivity contribution in [2.75, 3.05) is 26.7 Å². The van der Waals surface area contributed by atoms with Crippen LogP contribution in [0.3, 0.4) is 0 Å². The van der Waals surface area contributed by atoms with Crippen molar-refractivity contribution in [3.63, 3.8) is 0 Å². The van der Waals surface area contributed by atoms with Crippen LogP contribution in [0, 0.1) is 0 Å². The van der Waals surface area contributed by atoms with Gasteiger partial charge in [0.2, 0.25) is 5.91 Å². The summed E-state index contributed by atoms with van der Waals surface area (Å²) in [5, 5.41) is 3.35. The summed E-state index contributed by atoms with van der Waals surface area (Å²) in [4.78, 5) is 14.2. The number of nitrogens with one attached hydrogen (secondary N) is 1. The molecule has 1 aliphatic heterocycles. The Morgan fingerprint density at radius 1 is 1.55 bits per heavy atom. The first-order valence-electron chi connectivity index (χ1n) is 6.93. The van der Waals surface area contributed by atoms with Gasteiger partial charge in [0.15, 0.2) is 0 Å². The minimum absolute atomic E-state index is 0.223. The fourth-order valence-corrected chi connectivity index (χ4v) is 2.91. The third-order valence-electron chi connectivity index (χ3n) is 3.57. The van der Waals surface area contributed by atoms with Crippen LogP contribution in [0.15, 0.2) is 22.7 Å². The molecule has 1 atom stereocenters. The molecule has 2 rings (SSSR count). The molecule has 1 aromatic rings. The molecule has 1 aliphatic rings. The molecular formula is C15H21BrN2O2.